The van der Waals surface area contributed by atoms with Gasteiger partial charge in [0.2, 0.25) is 0 Å². The van der Waals surface area contributed by atoms with Gasteiger partial charge in [-0.05, 0) is 67.1 Å². The molecule has 1 fully saturated rings. The monoisotopic (exact) mass is 484 g/mol. The van der Waals surface area contributed by atoms with Gasteiger partial charge in [-0.2, -0.15) is 0 Å². The first kappa shape index (κ1) is 27.8. The highest BCUT2D eigenvalue weighted by Gasteiger charge is 2.28. The standard InChI is InChI=1S/C33H53Cl/c1-2-3-4-5-6-7-8-9-10-11-12-13-14-17-28-20-22-29(23-21-28)30-24-26-31(27-25-30)32-18-15-16-19-33(32)34/h15-16,18-19,26,28-30H,2-14,17,20-25,27H2,1H3. The molecule has 0 aliphatic heterocycles. The van der Waals surface area contributed by atoms with E-state index < -0.39 is 0 Å². The van der Waals surface area contributed by atoms with E-state index in [0.717, 1.165) is 22.8 Å². The third-order valence-electron chi connectivity index (χ3n) is 8.95. The Balaban J connectivity index is 1.17. The largest absolute Gasteiger partial charge is 0.0837 e. The summed E-state index contributed by atoms with van der Waals surface area (Å²) in [4.78, 5) is 0. The highest BCUT2D eigenvalue weighted by molar-refractivity contribution is 6.32. The molecule has 2 aliphatic rings. The molecule has 0 aromatic heterocycles. The van der Waals surface area contributed by atoms with Crippen LogP contribution in [0.4, 0.5) is 0 Å². The lowest BCUT2D eigenvalue weighted by molar-refractivity contribution is 0.187. The van der Waals surface area contributed by atoms with E-state index in [-0.39, 0.29) is 0 Å². The topological polar surface area (TPSA) is 0 Å². The van der Waals surface area contributed by atoms with Crippen molar-refractivity contribution in [2.24, 2.45) is 17.8 Å². The molecule has 0 heterocycles. The smallest absolute Gasteiger partial charge is 0.0481 e. The molecule has 1 atom stereocenters. The van der Waals surface area contributed by atoms with E-state index in [4.69, 9.17) is 11.6 Å². The van der Waals surface area contributed by atoms with Crippen molar-refractivity contribution in [2.75, 3.05) is 0 Å². The fraction of sp³-hybridized carbons (Fsp3) is 0.758. The maximum Gasteiger partial charge on any atom is 0.0481 e. The van der Waals surface area contributed by atoms with Gasteiger partial charge in [0.1, 0.15) is 0 Å². The van der Waals surface area contributed by atoms with Gasteiger partial charge in [0.25, 0.3) is 0 Å². The lowest BCUT2D eigenvalue weighted by Gasteiger charge is -2.35. The highest BCUT2D eigenvalue weighted by atomic mass is 35.5. The predicted molar refractivity (Wildman–Crippen MR) is 153 cm³/mol. The molecule has 1 aromatic carbocycles. The summed E-state index contributed by atoms with van der Waals surface area (Å²) in [5.41, 5.74) is 2.75. The van der Waals surface area contributed by atoms with Gasteiger partial charge >= 0.3 is 0 Å². The van der Waals surface area contributed by atoms with Gasteiger partial charge in [0.05, 0.1) is 0 Å². The van der Waals surface area contributed by atoms with Crippen LogP contribution in [0.25, 0.3) is 5.57 Å². The minimum Gasteiger partial charge on any atom is -0.0837 e. The van der Waals surface area contributed by atoms with Gasteiger partial charge in [-0.1, -0.05) is 146 Å². The molecule has 3 rings (SSSR count). The first-order chi connectivity index (χ1) is 16.8. The minimum atomic E-state index is 0.917. The van der Waals surface area contributed by atoms with Crippen molar-refractivity contribution in [1.29, 1.82) is 0 Å². The van der Waals surface area contributed by atoms with Crippen LogP contribution in [0.1, 0.15) is 147 Å². The van der Waals surface area contributed by atoms with Crippen LogP contribution < -0.4 is 0 Å². The van der Waals surface area contributed by atoms with Crippen molar-refractivity contribution >= 4 is 17.2 Å². The molecule has 0 saturated heterocycles. The molecule has 0 bridgehead atoms. The van der Waals surface area contributed by atoms with E-state index in [0.29, 0.717) is 0 Å². The summed E-state index contributed by atoms with van der Waals surface area (Å²) in [5, 5.41) is 0.917. The van der Waals surface area contributed by atoms with Crippen molar-refractivity contribution in [3.63, 3.8) is 0 Å². The van der Waals surface area contributed by atoms with Crippen molar-refractivity contribution in [1.82, 2.24) is 0 Å². The quantitative estimate of drug-likeness (QED) is 0.204. The molecule has 0 amide bonds. The third kappa shape index (κ3) is 10.1. The van der Waals surface area contributed by atoms with Crippen molar-refractivity contribution < 1.29 is 0 Å². The van der Waals surface area contributed by atoms with Gasteiger partial charge in [-0.25, -0.2) is 0 Å². The van der Waals surface area contributed by atoms with E-state index in [1.165, 1.54) is 146 Å². The fourth-order valence-corrected chi connectivity index (χ4v) is 6.91. The summed E-state index contributed by atoms with van der Waals surface area (Å²) in [6, 6.07) is 8.37. The van der Waals surface area contributed by atoms with Crippen LogP contribution in [0.15, 0.2) is 30.3 Å². The molecule has 0 nitrogen and oxygen atoms in total. The lowest BCUT2D eigenvalue weighted by Crippen LogP contribution is -2.23. The Kier molecular flexibility index (Phi) is 13.8. The zero-order chi connectivity index (χ0) is 23.8. The molecule has 1 saturated carbocycles. The van der Waals surface area contributed by atoms with Crippen LogP contribution in [0.3, 0.4) is 0 Å². The summed E-state index contributed by atoms with van der Waals surface area (Å²) >= 11 is 6.43. The molecule has 2 aliphatic carbocycles. The number of allylic oxidation sites excluding steroid dienone is 2. The Hall–Kier alpha value is -0.750. The number of halogens is 1. The van der Waals surface area contributed by atoms with Crippen LogP contribution >= 0.6 is 11.6 Å². The number of hydrogen-bond acceptors (Lipinski definition) is 0. The van der Waals surface area contributed by atoms with Crippen molar-refractivity contribution in [2.45, 2.75) is 142 Å². The molecule has 0 radical (unpaired) electrons. The number of hydrogen-bond donors (Lipinski definition) is 0. The molecule has 1 aromatic rings. The maximum absolute atomic E-state index is 6.43. The van der Waals surface area contributed by atoms with Crippen molar-refractivity contribution in [3.8, 4) is 0 Å². The van der Waals surface area contributed by atoms with Gasteiger partial charge in [0.15, 0.2) is 0 Å². The normalized spacial score (nSPS) is 23.1. The Labute approximate surface area is 217 Å². The van der Waals surface area contributed by atoms with Crippen LogP contribution in [0, 0.1) is 17.8 Å². The number of unbranched alkanes of at least 4 members (excludes halogenated alkanes) is 12. The van der Waals surface area contributed by atoms with Gasteiger partial charge < -0.3 is 0 Å². The van der Waals surface area contributed by atoms with Crippen LogP contribution in [-0.4, -0.2) is 0 Å². The Morgan fingerprint density at radius 1 is 0.676 bits per heavy atom. The molecule has 0 spiro atoms. The van der Waals surface area contributed by atoms with Gasteiger partial charge in [-0.3, -0.25) is 0 Å². The molecule has 34 heavy (non-hydrogen) atoms. The molecule has 192 valence electrons. The second kappa shape index (κ2) is 16.8. The van der Waals surface area contributed by atoms with E-state index in [2.05, 4.69) is 25.1 Å². The van der Waals surface area contributed by atoms with Crippen LogP contribution in [0.5, 0.6) is 0 Å². The second-order valence-electron chi connectivity index (χ2n) is 11.6. The van der Waals surface area contributed by atoms with Gasteiger partial charge in [-0.15, -0.1) is 0 Å². The Morgan fingerprint density at radius 2 is 1.26 bits per heavy atom. The summed E-state index contributed by atoms with van der Waals surface area (Å²) in [6.45, 7) is 2.30. The Morgan fingerprint density at radius 3 is 1.82 bits per heavy atom. The molecule has 1 unspecified atom stereocenters. The lowest BCUT2D eigenvalue weighted by atomic mass is 9.70. The highest BCUT2D eigenvalue weighted by Crippen LogP contribution is 2.42. The molecule has 1 heteroatoms. The summed E-state index contributed by atoms with van der Waals surface area (Å²) in [5.74, 6) is 2.93. The average molecular weight is 485 g/mol. The zero-order valence-corrected chi connectivity index (χ0v) is 23.1. The fourth-order valence-electron chi connectivity index (χ4n) is 6.65. The second-order valence-corrected chi connectivity index (χ2v) is 12.0. The summed E-state index contributed by atoms with van der Waals surface area (Å²) < 4.78 is 0. The first-order valence-electron chi connectivity index (χ1n) is 15.2. The van der Waals surface area contributed by atoms with E-state index in [1.54, 1.807) is 0 Å². The van der Waals surface area contributed by atoms with Crippen LogP contribution in [-0.2, 0) is 0 Å². The molecule has 0 N–H and O–H groups in total. The predicted octanol–water partition coefficient (Wildman–Crippen LogP) is 11.8. The third-order valence-corrected chi connectivity index (χ3v) is 9.27. The summed E-state index contributed by atoms with van der Waals surface area (Å²) in [7, 11) is 0. The van der Waals surface area contributed by atoms with E-state index in [9.17, 15) is 0 Å². The molecular formula is C33H53Cl. The zero-order valence-electron chi connectivity index (χ0n) is 22.3. The van der Waals surface area contributed by atoms with Crippen molar-refractivity contribution in [3.05, 3.63) is 40.9 Å². The van der Waals surface area contributed by atoms with E-state index >= 15 is 0 Å². The average Bonchev–Trinajstić information content (AvgIpc) is 2.88. The minimum absolute atomic E-state index is 0.917. The number of rotatable bonds is 16. The maximum atomic E-state index is 6.43. The number of benzene rings is 1. The van der Waals surface area contributed by atoms with E-state index in [1.807, 2.05) is 12.1 Å². The van der Waals surface area contributed by atoms with Crippen LogP contribution in [0.2, 0.25) is 5.02 Å². The first-order valence-corrected chi connectivity index (χ1v) is 15.6. The molecular weight excluding hydrogens is 432 g/mol. The van der Waals surface area contributed by atoms with Gasteiger partial charge in [0, 0.05) is 5.02 Å². The SMILES string of the molecule is CCCCCCCCCCCCCCCC1CCC(C2CC=C(c3ccccc3Cl)CC2)CC1. The summed E-state index contributed by atoms with van der Waals surface area (Å²) in [6.07, 6.45) is 32.9. The Bertz CT molecular complexity index is 682.